The van der Waals surface area contributed by atoms with Crippen LogP contribution in [0.25, 0.3) is 55.3 Å². The third kappa shape index (κ3) is 5.60. The number of fused-ring (bicyclic) bond motifs is 1. The van der Waals surface area contributed by atoms with Crippen molar-refractivity contribution in [2.45, 2.75) is 0 Å². The van der Waals surface area contributed by atoms with Crippen LogP contribution in [0.3, 0.4) is 0 Å². The number of nitrogens with zero attached hydrogens (tertiary/aromatic N) is 1. The molecule has 0 saturated heterocycles. The van der Waals surface area contributed by atoms with Gasteiger partial charge in [-0.1, -0.05) is 176 Å². The molecule has 8 aromatic carbocycles. The number of hydrogen-bond donors (Lipinski definition) is 0. The van der Waals surface area contributed by atoms with Crippen LogP contribution in [0.5, 0.6) is 0 Å². The Kier molecular flexibility index (Phi) is 7.63. The third-order valence-electron chi connectivity index (χ3n) is 8.87. The molecule has 0 aliphatic rings. The average molecular weight is 600 g/mol. The lowest BCUT2D eigenvalue weighted by molar-refractivity contribution is 1.28. The Balaban J connectivity index is 1.43. The van der Waals surface area contributed by atoms with Gasteiger partial charge in [0, 0.05) is 16.8 Å². The zero-order valence-corrected chi connectivity index (χ0v) is 26.0. The molecule has 1 nitrogen and oxygen atoms in total. The van der Waals surface area contributed by atoms with Crippen LogP contribution >= 0.6 is 0 Å². The van der Waals surface area contributed by atoms with E-state index in [-0.39, 0.29) is 0 Å². The van der Waals surface area contributed by atoms with E-state index in [0.29, 0.717) is 0 Å². The highest BCUT2D eigenvalue weighted by Crippen LogP contribution is 2.47. The number of benzene rings is 8. The Morgan fingerprint density at radius 3 is 1.55 bits per heavy atom. The molecule has 0 heterocycles. The van der Waals surface area contributed by atoms with Gasteiger partial charge in [0.05, 0.1) is 11.4 Å². The third-order valence-corrected chi connectivity index (χ3v) is 8.87. The van der Waals surface area contributed by atoms with Gasteiger partial charge >= 0.3 is 0 Å². The fraction of sp³-hybridized carbons (Fsp3) is 0. The molecule has 0 fully saturated rings. The second-order valence-electron chi connectivity index (χ2n) is 11.8. The Morgan fingerprint density at radius 1 is 0.277 bits per heavy atom. The molecule has 0 unspecified atom stereocenters. The van der Waals surface area contributed by atoms with Crippen molar-refractivity contribution < 1.29 is 0 Å². The molecular weight excluding hydrogens is 567 g/mol. The standard InChI is InChI=1S/C46H33N/c1-4-16-34(17-5-1)38-24-14-25-40(32-38)47(45-29-13-12-27-43(45)36-18-6-2-7-19-36)46-33-39(30-31-44(46)37-20-8-3-9-21-37)42-28-15-23-35-22-10-11-26-41(35)42/h1-33H. The van der Waals surface area contributed by atoms with Gasteiger partial charge in [-0.2, -0.15) is 0 Å². The van der Waals surface area contributed by atoms with Gasteiger partial charge in [0.25, 0.3) is 0 Å². The van der Waals surface area contributed by atoms with Gasteiger partial charge in [-0.3, -0.25) is 0 Å². The van der Waals surface area contributed by atoms with Crippen LogP contribution < -0.4 is 4.90 Å². The Hall–Kier alpha value is -6.18. The molecule has 0 radical (unpaired) electrons. The summed E-state index contributed by atoms with van der Waals surface area (Å²) in [6.45, 7) is 0. The van der Waals surface area contributed by atoms with Crippen LogP contribution in [0, 0.1) is 0 Å². The molecule has 1 heteroatoms. The van der Waals surface area contributed by atoms with Crippen molar-refractivity contribution in [3.8, 4) is 44.5 Å². The minimum atomic E-state index is 1.10. The van der Waals surface area contributed by atoms with E-state index in [9.17, 15) is 0 Å². The minimum Gasteiger partial charge on any atom is -0.309 e. The van der Waals surface area contributed by atoms with E-state index in [1.807, 2.05) is 0 Å². The highest BCUT2D eigenvalue weighted by Gasteiger charge is 2.22. The Bertz CT molecular complexity index is 2280. The van der Waals surface area contributed by atoms with Crippen molar-refractivity contribution in [2.24, 2.45) is 0 Å². The summed E-state index contributed by atoms with van der Waals surface area (Å²) in [5.41, 5.74) is 12.8. The van der Waals surface area contributed by atoms with Crippen LogP contribution in [-0.2, 0) is 0 Å². The zero-order chi connectivity index (χ0) is 31.4. The second-order valence-corrected chi connectivity index (χ2v) is 11.8. The molecule has 0 bridgehead atoms. The molecule has 222 valence electrons. The van der Waals surface area contributed by atoms with Crippen molar-refractivity contribution in [3.05, 3.63) is 200 Å². The number of hydrogen-bond acceptors (Lipinski definition) is 1. The first kappa shape index (κ1) is 28.3. The Labute approximate surface area is 276 Å². The van der Waals surface area contributed by atoms with E-state index in [1.165, 1.54) is 55.3 Å². The number of para-hydroxylation sites is 1. The van der Waals surface area contributed by atoms with E-state index in [2.05, 4.69) is 205 Å². The molecule has 8 aromatic rings. The van der Waals surface area contributed by atoms with Crippen LogP contribution in [-0.4, -0.2) is 0 Å². The predicted octanol–water partition coefficient (Wildman–Crippen LogP) is 13.0. The summed E-state index contributed by atoms with van der Waals surface area (Å²) in [6.07, 6.45) is 0. The SMILES string of the molecule is c1ccc(-c2cccc(N(c3ccccc3-c3ccccc3)c3cc(-c4cccc5ccccc45)ccc3-c3ccccc3)c2)cc1. The number of rotatable bonds is 7. The lowest BCUT2D eigenvalue weighted by Crippen LogP contribution is -2.13. The van der Waals surface area contributed by atoms with Gasteiger partial charge < -0.3 is 4.90 Å². The quantitative estimate of drug-likeness (QED) is 0.176. The van der Waals surface area contributed by atoms with Gasteiger partial charge in [0.2, 0.25) is 0 Å². The molecule has 0 aliphatic carbocycles. The summed E-state index contributed by atoms with van der Waals surface area (Å²) >= 11 is 0. The summed E-state index contributed by atoms with van der Waals surface area (Å²) in [4.78, 5) is 2.45. The van der Waals surface area contributed by atoms with Crippen molar-refractivity contribution in [3.63, 3.8) is 0 Å². The topological polar surface area (TPSA) is 3.24 Å². The predicted molar refractivity (Wildman–Crippen MR) is 200 cm³/mol. The highest BCUT2D eigenvalue weighted by atomic mass is 15.1. The summed E-state index contributed by atoms with van der Waals surface area (Å²) in [6, 6.07) is 71.9. The first-order chi connectivity index (χ1) is 23.3. The normalized spacial score (nSPS) is 11.0. The van der Waals surface area contributed by atoms with Crippen LogP contribution in [0.4, 0.5) is 17.1 Å². The molecule has 0 spiro atoms. The smallest absolute Gasteiger partial charge is 0.0546 e. The fourth-order valence-corrected chi connectivity index (χ4v) is 6.62. The van der Waals surface area contributed by atoms with Crippen LogP contribution in [0.15, 0.2) is 200 Å². The first-order valence-electron chi connectivity index (χ1n) is 16.1. The summed E-state index contributed by atoms with van der Waals surface area (Å²) in [5.74, 6) is 0. The van der Waals surface area contributed by atoms with Crippen molar-refractivity contribution >= 4 is 27.8 Å². The zero-order valence-electron chi connectivity index (χ0n) is 26.0. The van der Waals surface area contributed by atoms with E-state index < -0.39 is 0 Å². The molecular formula is C46H33N. The average Bonchev–Trinajstić information content (AvgIpc) is 3.16. The van der Waals surface area contributed by atoms with E-state index in [1.54, 1.807) is 0 Å². The summed E-state index contributed by atoms with van der Waals surface area (Å²) < 4.78 is 0. The minimum absolute atomic E-state index is 1.10. The monoisotopic (exact) mass is 599 g/mol. The van der Waals surface area contributed by atoms with Gasteiger partial charge in [-0.25, -0.2) is 0 Å². The highest BCUT2D eigenvalue weighted by molar-refractivity contribution is 6.00. The molecule has 0 aromatic heterocycles. The van der Waals surface area contributed by atoms with Gasteiger partial charge in [-0.05, 0) is 68.4 Å². The Morgan fingerprint density at radius 2 is 0.809 bits per heavy atom. The maximum atomic E-state index is 2.45. The van der Waals surface area contributed by atoms with E-state index >= 15 is 0 Å². The lowest BCUT2D eigenvalue weighted by atomic mass is 9.93. The van der Waals surface area contributed by atoms with Gasteiger partial charge in [-0.15, -0.1) is 0 Å². The van der Waals surface area contributed by atoms with Crippen molar-refractivity contribution in [1.82, 2.24) is 0 Å². The summed E-state index contributed by atoms with van der Waals surface area (Å²) in [5, 5.41) is 2.48. The summed E-state index contributed by atoms with van der Waals surface area (Å²) in [7, 11) is 0. The van der Waals surface area contributed by atoms with E-state index in [4.69, 9.17) is 0 Å². The second kappa shape index (κ2) is 12.7. The lowest BCUT2D eigenvalue weighted by Gasteiger charge is -2.31. The molecule has 0 N–H and O–H groups in total. The van der Waals surface area contributed by atoms with Crippen molar-refractivity contribution in [1.29, 1.82) is 0 Å². The maximum absolute atomic E-state index is 2.45. The van der Waals surface area contributed by atoms with E-state index in [0.717, 1.165) is 17.1 Å². The molecule has 0 aliphatic heterocycles. The molecule has 0 atom stereocenters. The van der Waals surface area contributed by atoms with Gasteiger partial charge in [0.1, 0.15) is 0 Å². The maximum Gasteiger partial charge on any atom is 0.0546 e. The van der Waals surface area contributed by atoms with Crippen molar-refractivity contribution in [2.75, 3.05) is 4.90 Å². The molecule has 0 amide bonds. The van der Waals surface area contributed by atoms with Crippen LogP contribution in [0.1, 0.15) is 0 Å². The number of anilines is 3. The largest absolute Gasteiger partial charge is 0.309 e. The van der Waals surface area contributed by atoms with Gasteiger partial charge in [0.15, 0.2) is 0 Å². The molecule has 47 heavy (non-hydrogen) atoms. The first-order valence-corrected chi connectivity index (χ1v) is 16.1. The fourth-order valence-electron chi connectivity index (χ4n) is 6.62. The molecule has 8 rings (SSSR count). The van der Waals surface area contributed by atoms with Crippen LogP contribution in [0.2, 0.25) is 0 Å². The molecule has 0 saturated carbocycles.